The first-order chi connectivity index (χ1) is 27.9. The van der Waals surface area contributed by atoms with Crippen LogP contribution in [0.2, 0.25) is 0 Å². The first kappa shape index (κ1) is 42.9. The summed E-state index contributed by atoms with van der Waals surface area (Å²) in [5, 5.41) is 24.6. The van der Waals surface area contributed by atoms with Crippen LogP contribution in [0.15, 0.2) is 65.9 Å². The normalized spacial score (nSPS) is 25.9. The van der Waals surface area contributed by atoms with Gasteiger partial charge in [0, 0.05) is 49.8 Å². The molecule has 2 fully saturated rings. The number of carbonyl (C=O) groups excluding carboxylic acids is 1. The molecular formula is C47H67N3O7. The molecule has 6 atom stereocenters. The molecule has 1 aromatic carbocycles. The number of pyridine rings is 1. The van der Waals surface area contributed by atoms with Crippen LogP contribution in [0.1, 0.15) is 127 Å². The van der Waals surface area contributed by atoms with E-state index in [4.69, 9.17) is 24.2 Å². The lowest BCUT2D eigenvalue weighted by molar-refractivity contribution is -0.257. The molecule has 2 heterocycles. The predicted octanol–water partition coefficient (Wildman–Crippen LogP) is 8.83. The molecule has 2 saturated carbocycles. The molecule has 4 aliphatic rings. The van der Waals surface area contributed by atoms with Gasteiger partial charge in [0.05, 0.1) is 23.9 Å². The van der Waals surface area contributed by atoms with E-state index in [-0.39, 0.29) is 49.4 Å². The first-order valence-corrected chi connectivity index (χ1v) is 21.9. The average Bonchev–Trinajstić information content (AvgIpc) is 3.75. The minimum absolute atomic E-state index is 0.0938. The van der Waals surface area contributed by atoms with E-state index < -0.39 is 11.8 Å². The number of aryl methyl sites for hydroxylation is 1. The molecule has 0 bridgehead atoms. The van der Waals surface area contributed by atoms with Crippen molar-refractivity contribution in [2.45, 2.75) is 135 Å². The van der Waals surface area contributed by atoms with Gasteiger partial charge >= 0.3 is 0 Å². The van der Waals surface area contributed by atoms with E-state index in [2.05, 4.69) is 35.5 Å². The van der Waals surface area contributed by atoms with Crippen molar-refractivity contribution in [3.63, 3.8) is 0 Å². The number of rotatable bonds is 22. The Kier molecular flexibility index (Phi) is 15.6. The van der Waals surface area contributed by atoms with Crippen LogP contribution in [-0.2, 0) is 21.0 Å². The number of aromatic nitrogens is 1. The molecule has 3 aliphatic carbocycles. The summed E-state index contributed by atoms with van der Waals surface area (Å²) in [4.78, 5) is 27.2. The lowest BCUT2D eigenvalue weighted by Gasteiger charge is -2.60. The highest BCUT2D eigenvalue weighted by Crippen LogP contribution is 2.62. The topological polar surface area (TPSA) is 123 Å². The maximum Gasteiger partial charge on any atom is 0.239 e. The second kappa shape index (κ2) is 20.8. The van der Waals surface area contributed by atoms with Gasteiger partial charge in [0.2, 0.25) is 11.7 Å². The Balaban J connectivity index is 1.51. The van der Waals surface area contributed by atoms with E-state index in [0.717, 1.165) is 84.7 Å². The van der Waals surface area contributed by atoms with Crippen molar-refractivity contribution >= 4 is 11.6 Å². The summed E-state index contributed by atoms with van der Waals surface area (Å²) in [5.41, 5.74) is 4.73. The van der Waals surface area contributed by atoms with Gasteiger partial charge in [-0.25, -0.2) is 0 Å². The molecular weight excluding hydrogens is 719 g/mol. The molecule has 1 aromatic heterocycles. The monoisotopic (exact) mass is 785 g/mol. The van der Waals surface area contributed by atoms with E-state index in [0.29, 0.717) is 44.9 Å². The number of allylic oxidation sites excluding steroid dienone is 1. The third kappa shape index (κ3) is 9.94. The van der Waals surface area contributed by atoms with Gasteiger partial charge < -0.3 is 34.2 Å². The number of hydrogen-bond acceptors (Lipinski definition) is 9. The molecule has 0 saturated heterocycles. The molecule has 6 rings (SSSR count). The second-order valence-electron chi connectivity index (χ2n) is 16.5. The van der Waals surface area contributed by atoms with Crippen molar-refractivity contribution in [1.29, 1.82) is 0 Å². The number of aliphatic hydroxyl groups excluding tert-OH is 2. The minimum Gasteiger partial charge on any atom is -0.487 e. The standard InChI is InChI=1S/C47H67N3O7/c1-5-25-50(44(53)24-21-34-16-8-9-17-34)43-31-41(49-56-7-3)39-29-35(18-10-12-26-51)38(20-11-13-27-52)45-40-30-37(54-32-36-19-14-15-33(4)48-36)22-23-42(40)57-47(43,46(39)45)55-28-6-2/h6,14-15,19,22-23,29-30,34-35,38,43,45-46,51-52H,2,5,7-13,16-18,20-21,24-28,31-32H2,1,3-4H3/t35-,38+,43-,45+,46+,47+/m0/s1. The van der Waals surface area contributed by atoms with Crippen molar-refractivity contribution in [3.05, 3.63) is 77.7 Å². The zero-order valence-corrected chi connectivity index (χ0v) is 34.7. The van der Waals surface area contributed by atoms with Gasteiger partial charge in [-0.05, 0) is 106 Å². The third-order valence-corrected chi connectivity index (χ3v) is 12.7. The lowest BCUT2D eigenvalue weighted by atomic mass is 9.55. The largest absolute Gasteiger partial charge is 0.487 e. The van der Waals surface area contributed by atoms with Crippen molar-refractivity contribution < 1.29 is 34.1 Å². The third-order valence-electron chi connectivity index (χ3n) is 12.7. The number of unbranched alkanes of at least 4 members (excludes halogenated alkanes) is 2. The maximum absolute atomic E-state index is 14.6. The summed E-state index contributed by atoms with van der Waals surface area (Å²) in [5.74, 6) is 0.850. The van der Waals surface area contributed by atoms with Gasteiger partial charge in [-0.3, -0.25) is 9.78 Å². The molecule has 10 heteroatoms. The van der Waals surface area contributed by atoms with Crippen LogP contribution in [0, 0.1) is 30.6 Å². The van der Waals surface area contributed by atoms with E-state index in [9.17, 15) is 15.0 Å². The summed E-state index contributed by atoms with van der Waals surface area (Å²) in [6.07, 6.45) is 16.6. The van der Waals surface area contributed by atoms with Gasteiger partial charge in [-0.2, -0.15) is 0 Å². The van der Waals surface area contributed by atoms with Crippen LogP contribution in [0.3, 0.4) is 0 Å². The van der Waals surface area contributed by atoms with Crippen LogP contribution < -0.4 is 9.47 Å². The highest BCUT2D eigenvalue weighted by Gasteiger charge is 2.65. The Bertz CT molecular complexity index is 1690. The number of benzene rings is 1. The van der Waals surface area contributed by atoms with Gasteiger partial charge in [-0.1, -0.05) is 68.8 Å². The highest BCUT2D eigenvalue weighted by molar-refractivity contribution is 6.03. The zero-order chi connectivity index (χ0) is 40.2. The van der Waals surface area contributed by atoms with Gasteiger partial charge in [0.15, 0.2) is 0 Å². The number of carbonyl (C=O) groups is 1. The Morgan fingerprint density at radius 3 is 2.58 bits per heavy atom. The molecule has 2 aromatic rings. The smallest absolute Gasteiger partial charge is 0.239 e. The predicted molar refractivity (Wildman–Crippen MR) is 223 cm³/mol. The van der Waals surface area contributed by atoms with Crippen LogP contribution in [-0.4, -0.2) is 76.5 Å². The van der Waals surface area contributed by atoms with Crippen molar-refractivity contribution in [3.8, 4) is 11.5 Å². The maximum atomic E-state index is 14.6. The summed E-state index contributed by atoms with van der Waals surface area (Å²) in [7, 11) is 0. The van der Waals surface area contributed by atoms with E-state index >= 15 is 0 Å². The Hall–Kier alpha value is -3.73. The lowest BCUT2D eigenvalue weighted by Crippen LogP contribution is -2.70. The summed E-state index contributed by atoms with van der Waals surface area (Å²) < 4.78 is 20.9. The average molecular weight is 786 g/mol. The van der Waals surface area contributed by atoms with Gasteiger partial charge in [0.25, 0.3) is 0 Å². The second-order valence-corrected chi connectivity index (χ2v) is 16.5. The van der Waals surface area contributed by atoms with Gasteiger partial charge in [0.1, 0.15) is 30.8 Å². The van der Waals surface area contributed by atoms with Crippen molar-refractivity contribution in [1.82, 2.24) is 9.88 Å². The number of ether oxygens (including phenoxy) is 3. The Morgan fingerprint density at radius 1 is 1.07 bits per heavy atom. The summed E-state index contributed by atoms with van der Waals surface area (Å²) >= 11 is 0. The molecule has 0 radical (unpaired) electrons. The number of amides is 1. The number of nitrogens with zero attached hydrogens (tertiary/aromatic N) is 3. The Morgan fingerprint density at radius 2 is 1.86 bits per heavy atom. The van der Waals surface area contributed by atoms with Gasteiger partial charge in [-0.15, -0.1) is 6.58 Å². The first-order valence-electron chi connectivity index (χ1n) is 21.9. The molecule has 57 heavy (non-hydrogen) atoms. The molecule has 312 valence electrons. The zero-order valence-electron chi connectivity index (χ0n) is 34.7. The quantitative estimate of drug-likeness (QED) is 0.0690. The van der Waals surface area contributed by atoms with E-state index in [1.165, 1.54) is 25.7 Å². The highest BCUT2D eigenvalue weighted by atomic mass is 16.7. The fourth-order valence-corrected chi connectivity index (χ4v) is 10.2. The molecule has 1 amide bonds. The number of aliphatic hydroxyl groups is 2. The number of oxime groups is 1. The van der Waals surface area contributed by atoms with Crippen LogP contribution >= 0.6 is 0 Å². The van der Waals surface area contributed by atoms with Crippen LogP contribution in [0.25, 0.3) is 0 Å². The molecule has 2 N–H and O–H groups in total. The number of fused-ring (bicyclic) bond motifs is 2. The summed E-state index contributed by atoms with van der Waals surface area (Å²) in [6, 6.07) is 11.6. The Labute approximate surface area is 340 Å². The molecule has 10 nitrogen and oxygen atoms in total. The fourth-order valence-electron chi connectivity index (χ4n) is 10.2. The number of hydrogen-bond donors (Lipinski definition) is 2. The molecule has 1 aliphatic heterocycles. The van der Waals surface area contributed by atoms with Crippen LogP contribution in [0.4, 0.5) is 0 Å². The minimum atomic E-state index is -1.24. The molecule has 0 spiro atoms. The molecule has 0 unspecified atom stereocenters. The van der Waals surface area contributed by atoms with E-state index in [1.807, 2.05) is 44.2 Å². The van der Waals surface area contributed by atoms with E-state index in [1.54, 1.807) is 6.08 Å². The van der Waals surface area contributed by atoms with Crippen molar-refractivity contribution in [2.75, 3.05) is 33.0 Å². The van der Waals surface area contributed by atoms with Crippen molar-refractivity contribution in [2.24, 2.45) is 28.8 Å². The SMILES string of the molecule is C=CCO[C@@]12Oc3ccc(OCc4cccc(C)n4)cc3[C@H]3[C@H](CCCCO)[C@@H](CCCCO)C=C(C(=NOCC)C[C@@H]1N(CCC)C(=O)CCC1CCCC1)[C@H]32. The summed E-state index contributed by atoms with van der Waals surface area (Å²) in [6.45, 7) is 12.0. The fraction of sp³-hybridized carbons (Fsp3) is 0.638. The van der Waals surface area contributed by atoms with Crippen LogP contribution in [0.5, 0.6) is 11.5 Å².